The van der Waals surface area contributed by atoms with Crippen LogP contribution in [0.15, 0.2) is 0 Å². The maximum absolute atomic E-state index is 11.3. The minimum absolute atomic E-state index is 0.109. The van der Waals surface area contributed by atoms with Gasteiger partial charge in [-0.05, 0) is 7.05 Å². The molecule has 2 amide bonds. The Morgan fingerprint density at radius 2 is 2.42 bits per heavy atom. The molecule has 1 N–H and O–H groups in total. The number of imide groups is 1. The summed E-state index contributed by atoms with van der Waals surface area (Å²) in [6.45, 7) is 1.71. The van der Waals surface area contributed by atoms with E-state index >= 15 is 0 Å². The number of amides is 2. The average molecular weight is 297 g/mol. The molecule has 1 radical (unpaired) electrons. The molecule has 0 aromatic heterocycles. The molecular formula is C5H7BIN2O2S. The SMILES string of the molecule is CN[B]SC1CC(=O)N(I)C1=O. The van der Waals surface area contributed by atoms with Crippen LogP contribution < -0.4 is 5.23 Å². The van der Waals surface area contributed by atoms with Gasteiger partial charge in [0.05, 0.1) is 28.1 Å². The number of carbonyl (C=O) groups excluding carboxylic acids is 2. The van der Waals surface area contributed by atoms with E-state index in [-0.39, 0.29) is 17.1 Å². The molecule has 7 heteroatoms. The predicted octanol–water partition coefficient (Wildman–Crippen LogP) is -0.0493. The highest BCUT2D eigenvalue weighted by atomic mass is 127. The number of hydrogen-bond donors (Lipinski definition) is 1. The van der Waals surface area contributed by atoms with E-state index in [9.17, 15) is 9.59 Å². The van der Waals surface area contributed by atoms with Crippen molar-refractivity contribution in [2.45, 2.75) is 11.7 Å². The van der Waals surface area contributed by atoms with Crippen molar-refractivity contribution in [1.29, 1.82) is 0 Å². The zero-order valence-electron chi connectivity index (χ0n) is 6.41. The summed E-state index contributed by atoms with van der Waals surface area (Å²) in [4.78, 5) is 22.3. The maximum Gasteiger partial charge on any atom is 0.286 e. The number of carbonyl (C=O) groups is 2. The van der Waals surface area contributed by atoms with Crippen molar-refractivity contribution < 1.29 is 9.59 Å². The lowest BCUT2D eigenvalue weighted by Crippen LogP contribution is -2.23. The molecule has 1 atom stereocenters. The molecule has 1 heterocycles. The normalized spacial score (nSPS) is 23.5. The molecule has 1 saturated heterocycles. The van der Waals surface area contributed by atoms with Crippen LogP contribution in [-0.2, 0) is 9.59 Å². The van der Waals surface area contributed by atoms with Gasteiger partial charge >= 0.3 is 0 Å². The molecule has 4 nitrogen and oxygen atoms in total. The third-order valence-corrected chi connectivity index (χ3v) is 3.48. The van der Waals surface area contributed by atoms with Gasteiger partial charge < -0.3 is 5.23 Å². The summed E-state index contributed by atoms with van der Waals surface area (Å²) in [6.07, 6.45) is 0.310. The second kappa shape index (κ2) is 4.47. The summed E-state index contributed by atoms with van der Waals surface area (Å²) in [5, 5.41) is 2.56. The van der Waals surface area contributed by atoms with Crippen LogP contribution in [-0.4, -0.2) is 33.9 Å². The highest BCUT2D eigenvalue weighted by Gasteiger charge is 2.37. The van der Waals surface area contributed by atoms with Crippen molar-refractivity contribution in [3.8, 4) is 0 Å². The van der Waals surface area contributed by atoms with Crippen LogP contribution >= 0.6 is 34.5 Å². The van der Waals surface area contributed by atoms with Crippen LogP contribution in [0.25, 0.3) is 0 Å². The van der Waals surface area contributed by atoms with E-state index < -0.39 is 0 Å². The lowest BCUT2D eigenvalue weighted by atomic mass is 10.3. The molecule has 65 valence electrons. The number of halogens is 1. The first kappa shape index (κ1) is 10.3. The molecule has 0 aromatic rings. The smallest absolute Gasteiger partial charge is 0.286 e. The molecule has 1 fully saturated rings. The maximum atomic E-state index is 11.3. The fourth-order valence-corrected chi connectivity index (χ4v) is 2.32. The van der Waals surface area contributed by atoms with Gasteiger partial charge in [0.1, 0.15) is 0 Å². The lowest BCUT2D eigenvalue weighted by Gasteiger charge is -2.04. The molecule has 1 aliphatic heterocycles. The molecule has 0 spiro atoms. The van der Waals surface area contributed by atoms with Crippen LogP contribution in [0, 0.1) is 0 Å². The zero-order valence-corrected chi connectivity index (χ0v) is 9.39. The Morgan fingerprint density at radius 3 is 2.83 bits per heavy atom. The fourth-order valence-electron chi connectivity index (χ4n) is 0.832. The summed E-state index contributed by atoms with van der Waals surface area (Å²) < 4.78 is 1.15. The summed E-state index contributed by atoms with van der Waals surface area (Å²) >= 11 is 3.08. The van der Waals surface area contributed by atoms with Crippen LogP contribution in [0.3, 0.4) is 0 Å². The summed E-state index contributed by atoms with van der Waals surface area (Å²) in [5.74, 6) is -0.222. The van der Waals surface area contributed by atoms with Gasteiger partial charge in [-0.2, -0.15) is 11.6 Å². The summed E-state index contributed by atoms with van der Waals surface area (Å²) in [7, 11) is 1.76. The van der Waals surface area contributed by atoms with E-state index in [0.29, 0.717) is 6.42 Å². The molecule has 12 heavy (non-hydrogen) atoms. The monoisotopic (exact) mass is 297 g/mol. The van der Waals surface area contributed by atoms with Crippen molar-refractivity contribution >= 4 is 53.0 Å². The van der Waals surface area contributed by atoms with Crippen molar-refractivity contribution in [3.05, 3.63) is 0 Å². The molecular weight excluding hydrogens is 290 g/mol. The van der Waals surface area contributed by atoms with Crippen LogP contribution in [0.1, 0.15) is 6.42 Å². The lowest BCUT2D eigenvalue weighted by molar-refractivity contribution is -0.130. The van der Waals surface area contributed by atoms with Gasteiger partial charge in [-0.3, -0.25) is 9.59 Å². The van der Waals surface area contributed by atoms with Gasteiger partial charge in [0.2, 0.25) is 5.91 Å². The Kier molecular flexibility index (Phi) is 3.85. The summed E-state index contributed by atoms with van der Waals surface area (Å²) in [6, 6.07) is 0. The number of hydrogen-bond acceptors (Lipinski definition) is 4. The van der Waals surface area contributed by atoms with Gasteiger partial charge in [0.25, 0.3) is 12.6 Å². The number of nitrogens with zero attached hydrogens (tertiary/aromatic N) is 1. The van der Waals surface area contributed by atoms with Crippen LogP contribution in [0.5, 0.6) is 0 Å². The number of rotatable bonds is 3. The van der Waals surface area contributed by atoms with E-state index in [0.717, 1.165) is 3.11 Å². The van der Waals surface area contributed by atoms with Crippen LogP contribution in [0.4, 0.5) is 0 Å². The van der Waals surface area contributed by atoms with Gasteiger partial charge in [-0.15, -0.1) is 0 Å². The second-order valence-electron chi connectivity index (χ2n) is 2.25. The van der Waals surface area contributed by atoms with Crippen LogP contribution in [0.2, 0.25) is 0 Å². The fraction of sp³-hybridized carbons (Fsp3) is 0.600. The topological polar surface area (TPSA) is 49.4 Å². The van der Waals surface area contributed by atoms with Crippen molar-refractivity contribution in [3.63, 3.8) is 0 Å². The third kappa shape index (κ3) is 2.14. The van der Waals surface area contributed by atoms with Crippen molar-refractivity contribution in [1.82, 2.24) is 8.34 Å². The first-order valence-corrected chi connectivity index (χ1v) is 5.24. The van der Waals surface area contributed by atoms with E-state index in [1.165, 1.54) is 11.6 Å². The highest BCUT2D eigenvalue weighted by molar-refractivity contribution is 14.1. The molecule has 1 rings (SSSR count). The number of nitrogens with one attached hydrogen (secondary N) is 1. The Bertz CT molecular complexity index is 216. The van der Waals surface area contributed by atoms with Crippen molar-refractivity contribution in [2.24, 2.45) is 0 Å². The van der Waals surface area contributed by atoms with Gasteiger partial charge in [0, 0.05) is 6.42 Å². The molecule has 0 bridgehead atoms. The quantitative estimate of drug-likeness (QED) is 0.343. The molecule has 1 unspecified atom stereocenters. The van der Waals surface area contributed by atoms with E-state index in [2.05, 4.69) is 5.23 Å². The standard InChI is InChI=1S/C5H7BIN2O2S/c1-8-6-12-3-2-4(10)9(7)5(3)11/h3,8H,2H2,1H3. The minimum atomic E-state index is -0.234. The first-order valence-electron chi connectivity index (χ1n) is 3.34. The van der Waals surface area contributed by atoms with E-state index in [4.69, 9.17) is 0 Å². The molecule has 0 aromatic carbocycles. The predicted molar refractivity (Wildman–Crippen MR) is 56.7 cm³/mol. The summed E-state index contributed by atoms with van der Waals surface area (Å²) in [5.41, 5.74) is 0. The van der Waals surface area contributed by atoms with Crippen molar-refractivity contribution in [2.75, 3.05) is 7.05 Å². The van der Waals surface area contributed by atoms with E-state index in [1.54, 1.807) is 36.6 Å². The first-order chi connectivity index (χ1) is 5.66. The van der Waals surface area contributed by atoms with Gasteiger partial charge in [-0.25, -0.2) is 3.11 Å². The van der Waals surface area contributed by atoms with Gasteiger partial charge in [-0.1, -0.05) is 0 Å². The Hall–Kier alpha value is 0.245. The molecule has 1 aliphatic rings. The molecule has 0 saturated carbocycles. The Balaban J connectivity index is 2.47. The van der Waals surface area contributed by atoms with Gasteiger partial charge in [0.15, 0.2) is 0 Å². The van der Waals surface area contributed by atoms with E-state index in [1.807, 2.05) is 0 Å². The highest BCUT2D eigenvalue weighted by Crippen LogP contribution is 2.25. The zero-order chi connectivity index (χ0) is 9.14. The Morgan fingerprint density at radius 1 is 1.75 bits per heavy atom. The minimum Gasteiger partial charge on any atom is -0.353 e. The largest absolute Gasteiger partial charge is 0.353 e. The molecule has 0 aliphatic carbocycles. The third-order valence-electron chi connectivity index (χ3n) is 1.40. The average Bonchev–Trinajstić information content (AvgIpc) is 2.30. The Labute approximate surface area is 89.5 Å². The second-order valence-corrected chi connectivity index (χ2v) is 4.29.